The Bertz CT molecular complexity index is 1280. The molecule has 0 saturated carbocycles. The van der Waals surface area contributed by atoms with Crippen molar-refractivity contribution in [2.45, 2.75) is 64.9 Å². The van der Waals surface area contributed by atoms with Crippen LogP contribution in [-0.2, 0) is 9.53 Å². The molecule has 0 amide bonds. The number of esters is 2. The summed E-state index contributed by atoms with van der Waals surface area (Å²) in [5.74, 6) is 1.40. The molecule has 0 bridgehead atoms. The Morgan fingerprint density at radius 2 is 1.25 bits per heavy atom. The average Bonchev–Trinajstić information content (AvgIpc) is 2.99. The topological polar surface area (TPSA) is 78.9 Å². The molecule has 0 saturated heterocycles. The summed E-state index contributed by atoms with van der Waals surface area (Å²) in [6.45, 7) is 4.88. The molecule has 1 unspecified atom stereocenters. The van der Waals surface area contributed by atoms with Gasteiger partial charge in [0.1, 0.15) is 11.5 Å². The number of carbonyl (C=O) groups is 3. The molecule has 0 fully saturated rings. The van der Waals surface area contributed by atoms with Crippen molar-refractivity contribution in [3.63, 3.8) is 0 Å². The first-order chi connectivity index (χ1) is 19.4. The summed E-state index contributed by atoms with van der Waals surface area (Å²) in [6.07, 6.45) is 10.8. The number of carbonyl (C=O) groups excluding carboxylic acids is 3. The standard InChI is InChI=1S/C34H36O6/c1-4-7-9-10-24-38-29-20-16-26(17-21-29)25-12-14-27(15-13-25)33(36)39-30-22-18-28(19-23-30)34(37)40-32(11-8-5-2)31(35)6-3/h3,12-23,32H,4-5,7-11,24H2,1-2H3. The highest BCUT2D eigenvalue weighted by Crippen LogP contribution is 2.24. The molecular formula is C34H36O6. The summed E-state index contributed by atoms with van der Waals surface area (Å²) in [4.78, 5) is 37.0. The molecule has 208 valence electrons. The number of ether oxygens (including phenoxy) is 3. The Balaban J connectivity index is 1.54. The van der Waals surface area contributed by atoms with Gasteiger partial charge >= 0.3 is 11.9 Å². The second-order valence-corrected chi connectivity index (χ2v) is 9.47. The smallest absolute Gasteiger partial charge is 0.343 e. The molecule has 0 radical (unpaired) electrons. The van der Waals surface area contributed by atoms with Crippen LogP contribution in [-0.4, -0.2) is 30.4 Å². The van der Waals surface area contributed by atoms with Gasteiger partial charge in [-0.3, -0.25) is 4.79 Å². The molecule has 6 heteroatoms. The van der Waals surface area contributed by atoms with Crippen molar-refractivity contribution in [1.29, 1.82) is 0 Å². The van der Waals surface area contributed by atoms with Gasteiger partial charge in [-0.2, -0.15) is 0 Å². The van der Waals surface area contributed by atoms with Gasteiger partial charge in [-0.15, -0.1) is 6.42 Å². The summed E-state index contributed by atoms with van der Waals surface area (Å²) >= 11 is 0. The van der Waals surface area contributed by atoms with E-state index in [2.05, 4.69) is 6.92 Å². The van der Waals surface area contributed by atoms with Crippen LogP contribution in [0.4, 0.5) is 0 Å². The van der Waals surface area contributed by atoms with Crippen LogP contribution in [0.15, 0.2) is 72.8 Å². The fraction of sp³-hybridized carbons (Fsp3) is 0.324. The minimum Gasteiger partial charge on any atom is -0.494 e. The Morgan fingerprint density at radius 1 is 0.700 bits per heavy atom. The lowest BCUT2D eigenvalue weighted by atomic mass is 10.0. The van der Waals surface area contributed by atoms with Gasteiger partial charge in [0.25, 0.3) is 0 Å². The van der Waals surface area contributed by atoms with E-state index >= 15 is 0 Å². The van der Waals surface area contributed by atoms with Crippen LogP contribution in [0.1, 0.15) is 79.5 Å². The summed E-state index contributed by atoms with van der Waals surface area (Å²) in [5, 5.41) is 0. The third-order valence-electron chi connectivity index (χ3n) is 6.38. The molecule has 0 aromatic heterocycles. The highest BCUT2D eigenvalue weighted by Gasteiger charge is 2.22. The predicted molar refractivity (Wildman–Crippen MR) is 155 cm³/mol. The lowest BCUT2D eigenvalue weighted by Crippen LogP contribution is -2.26. The Hall–Kier alpha value is -4.37. The maximum Gasteiger partial charge on any atom is 0.343 e. The molecule has 0 N–H and O–H groups in total. The largest absolute Gasteiger partial charge is 0.494 e. The van der Waals surface area contributed by atoms with Crippen molar-refractivity contribution in [2.75, 3.05) is 6.61 Å². The number of ketones is 1. The maximum absolute atomic E-state index is 12.7. The lowest BCUT2D eigenvalue weighted by molar-refractivity contribution is -0.122. The van der Waals surface area contributed by atoms with Gasteiger partial charge < -0.3 is 14.2 Å². The number of rotatable bonds is 15. The summed E-state index contributed by atoms with van der Waals surface area (Å²) in [6, 6.07) is 21.0. The van der Waals surface area contributed by atoms with E-state index in [-0.39, 0.29) is 11.3 Å². The highest BCUT2D eigenvalue weighted by atomic mass is 16.5. The second kappa shape index (κ2) is 15.9. The Morgan fingerprint density at radius 3 is 1.85 bits per heavy atom. The Labute approximate surface area is 236 Å². The minimum absolute atomic E-state index is 0.225. The van der Waals surface area contributed by atoms with E-state index in [1.54, 1.807) is 12.1 Å². The molecule has 3 aromatic carbocycles. The zero-order valence-electron chi connectivity index (χ0n) is 23.2. The van der Waals surface area contributed by atoms with Crippen molar-refractivity contribution in [1.82, 2.24) is 0 Å². The molecule has 1 atom stereocenters. The molecule has 3 rings (SSSR count). The van der Waals surface area contributed by atoms with Crippen LogP contribution < -0.4 is 9.47 Å². The van der Waals surface area contributed by atoms with Gasteiger partial charge in [0.15, 0.2) is 6.10 Å². The second-order valence-electron chi connectivity index (χ2n) is 9.47. The van der Waals surface area contributed by atoms with Crippen LogP contribution in [0.25, 0.3) is 11.1 Å². The van der Waals surface area contributed by atoms with Crippen LogP contribution in [0.2, 0.25) is 0 Å². The predicted octanol–water partition coefficient (Wildman–Crippen LogP) is 7.45. The first kappa shape index (κ1) is 30.2. The minimum atomic E-state index is -0.968. The summed E-state index contributed by atoms with van der Waals surface area (Å²) in [5.41, 5.74) is 2.60. The van der Waals surface area contributed by atoms with E-state index < -0.39 is 23.8 Å². The molecule has 0 spiro atoms. The molecule has 0 aliphatic rings. The quantitative estimate of drug-likeness (QED) is 0.0655. The summed E-state index contributed by atoms with van der Waals surface area (Å²) in [7, 11) is 0. The molecule has 0 heterocycles. The first-order valence-corrected chi connectivity index (χ1v) is 13.8. The zero-order valence-corrected chi connectivity index (χ0v) is 23.2. The third kappa shape index (κ3) is 9.13. The molecule has 40 heavy (non-hydrogen) atoms. The number of Topliss-reactive ketones (excluding diaryl/α,β-unsaturated/α-hetero) is 1. The van der Waals surface area contributed by atoms with Crippen molar-refractivity contribution < 1.29 is 28.6 Å². The van der Waals surface area contributed by atoms with Crippen molar-refractivity contribution in [3.8, 4) is 35.0 Å². The fourth-order valence-electron chi connectivity index (χ4n) is 4.01. The number of hydrogen-bond acceptors (Lipinski definition) is 6. The van der Waals surface area contributed by atoms with E-state index in [1.807, 2.05) is 49.2 Å². The SMILES string of the molecule is C#CC(=O)C(CCCC)OC(=O)c1ccc(OC(=O)c2ccc(-c3ccc(OCCCCCC)cc3)cc2)cc1. The van der Waals surface area contributed by atoms with Crippen LogP contribution >= 0.6 is 0 Å². The van der Waals surface area contributed by atoms with Gasteiger partial charge in [-0.1, -0.05) is 63.8 Å². The lowest BCUT2D eigenvalue weighted by Gasteiger charge is -2.14. The third-order valence-corrected chi connectivity index (χ3v) is 6.38. The zero-order chi connectivity index (χ0) is 28.7. The monoisotopic (exact) mass is 540 g/mol. The van der Waals surface area contributed by atoms with Gasteiger partial charge in [0.2, 0.25) is 5.78 Å². The highest BCUT2D eigenvalue weighted by molar-refractivity contribution is 6.01. The van der Waals surface area contributed by atoms with Crippen molar-refractivity contribution >= 4 is 17.7 Å². The van der Waals surface area contributed by atoms with Gasteiger partial charge in [-0.25, -0.2) is 9.59 Å². The maximum atomic E-state index is 12.7. The van der Waals surface area contributed by atoms with Gasteiger partial charge in [0, 0.05) is 0 Å². The first-order valence-electron chi connectivity index (χ1n) is 13.8. The summed E-state index contributed by atoms with van der Waals surface area (Å²) < 4.78 is 16.6. The number of hydrogen-bond donors (Lipinski definition) is 0. The van der Waals surface area contributed by atoms with Crippen LogP contribution in [0.3, 0.4) is 0 Å². The molecule has 0 aliphatic heterocycles. The van der Waals surface area contributed by atoms with Crippen molar-refractivity contribution in [2.24, 2.45) is 0 Å². The Kier molecular flexibility index (Phi) is 12.0. The average molecular weight is 541 g/mol. The van der Waals surface area contributed by atoms with Crippen LogP contribution in [0.5, 0.6) is 11.5 Å². The molecule has 3 aromatic rings. The normalized spacial score (nSPS) is 11.2. The van der Waals surface area contributed by atoms with Gasteiger partial charge in [-0.05, 0) is 84.8 Å². The number of benzene rings is 3. The molecular weight excluding hydrogens is 504 g/mol. The van der Waals surface area contributed by atoms with E-state index in [0.29, 0.717) is 18.4 Å². The molecule has 6 nitrogen and oxygen atoms in total. The van der Waals surface area contributed by atoms with Crippen LogP contribution in [0, 0.1) is 12.3 Å². The van der Waals surface area contributed by atoms with E-state index in [1.165, 1.54) is 43.5 Å². The molecule has 0 aliphatic carbocycles. The van der Waals surface area contributed by atoms with E-state index in [9.17, 15) is 14.4 Å². The number of unbranched alkanes of at least 4 members (excludes halogenated alkanes) is 4. The van der Waals surface area contributed by atoms with Crippen molar-refractivity contribution in [3.05, 3.63) is 83.9 Å². The van der Waals surface area contributed by atoms with E-state index in [4.69, 9.17) is 20.6 Å². The fourth-order valence-corrected chi connectivity index (χ4v) is 4.01. The van der Waals surface area contributed by atoms with E-state index in [0.717, 1.165) is 36.3 Å². The number of terminal acetylenes is 1. The van der Waals surface area contributed by atoms with Gasteiger partial charge in [0.05, 0.1) is 17.7 Å².